The molecule has 1 aliphatic carbocycles. The van der Waals surface area contributed by atoms with Gasteiger partial charge < -0.3 is 15.5 Å². The Morgan fingerprint density at radius 3 is 2.97 bits per heavy atom. The Balaban J connectivity index is 1.26. The molecule has 0 radical (unpaired) electrons. The van der Waals surface area contributed by atoms with Crippen LogP contribution in [0.1, 0.15) is 29.7 Å². The third-order valence-corrected chi connectivity index (χ3v) is 7.79. The van der Waals surface area contributed by atoms with Crippen molar-refractivity contribution in [1.82, 2.24) is 10.6 Å². The van der Waals surface area contributed by atoms with Gasteiger partial charge in [0.2, 0.25) is 11.8 Å². The van der Waals surface area contributed by atoms with Gasteiger partial charge in [-0.15, -0.1) is 11.3 Å². The van der Waals surface area contributed by atoms with E-state index in [2.05, 4.69) is 22.8 Å². The number of carbonyl (C=O) groups is 2. The molecule has 2 N–H and O–H groups in total. The molecule has 6 nitrogen and oxygen atoms in total. The third kappa shape index (κ3) is 3.40. The zero-order valence-corrected chi connectivity index (χ0v) is 17.7. The smallest absolute Gasteiger partial charge is 0.238 e. The van der Waals surface area contributed by atoms with Crippen LogP contribution in [-0.4, -0.2) is 37.0 Å². The fraction of sp³-hybridized carbons (Fsp3) is 0.435. The minimum atomic E-state index is -0.534. The number of piperidine rings is 1. The van der Waals surface area contributed by atoms with Crippen molar-refractivity contribution in [3.05, 3.63) is 40.8 Å². The molecule has 1 aromatic carbocycles. The summed E-state index contributed by atoms with van der Waals surface area (Å²) in [6.07, 6.45) is 4.29. The van der Waals surface area contributed by atoms with Crippen LogP contribution in [0.25, 0.3) is 10.4 Å². The number of benzene rings is 1. The highest BCUT2D eigenvalue weighted by Gasteiger charge is 2.43. The predicted molar refractivity (Wildman–Crippen MR) is 116 cm³/mol. The lowest BCUT2D eigenvalue weighted by molar-refractivity contribution is -0.124. The summed E-state index contributed by atoms with van der Waals surface area (Å²) in [6, 6.07) is 12.2. The number of anilines is 1. The van der Waals surface area contributed by atoms with Gasteiger partial charge in [-0.25, -0.2) is 0 Å². The van der Waals surface area contributed by atoms with Crippen LogP contribution >= 0.6 is 11.3 Å². The Morgan fingerprint density at radius 2 is 2.23 bits per heavy atom. The molecular formula is C23H24N4O2S. The standard InChI is InChI=1S/C23H24N4O2S/c1-27-19-9-14(3-2-13(19)10-21(27)28)20-7-6-18(30-20)11-17(12-24)26-23(29)22-15-4-5-16(8-15)25-22/h2-3,6-7,9,15-17,22,25H,4-5,8,10-11H2,1H3,(H,26,29)/t15-,16+,17-,22-/m0/s1. The van der Waals surface area contributed by atoms with E-state index < -0.39 is 6.04 Å². The highest BCUT2D eigenvalue weighted by atomic mass is 32.1. The number of hydrogen-bond donors (Lipinski definition) is 2. The van der Waals surface area contributed by atoms with Crippen molar-refractivity contribution >= 4 is 28.8 Å². The fourth-order valence-corrected chi connectivity index (χ4v) is 6.03. The van der Waals surface area contributed by atoms with Gasteiger partial charge in [-0.05, 0) is 54.5 Å². The van der Waals surface area contributed by atoms with Crippen LogP contribution in [0.4, 0.5) is 5.69 Å². The first-order valence-electron chi connectivity index (χ1n) is 10.5. The maximum Gasteiger partial charge on any atom is 0.238 e. The minimum Gasteiger partial charge on any atom is -0.339 e. The number of amides is 2. The number of carbonyl (C=O) groups excluding carboxylic acids is 2. The van der Waals surface area contributed by atoms with Gasteiger partial charge in [0.15, 0.2) is 0 Å². The van der Waals surface area contributed by atoms with E-state index in [0.29, 0.717) is 24.8 Å². The molecule has 5 rings (SSSR count). The van der Waals surface area contributed by atoms with Crippen molar-refractivity contribution in [3.8, 4) is 16.5 Å². The van der Waals surface area contributed by atoms with Gasteiger partial charge in [-0.3, -0.25) is 9.59 Å². The van der Waals surface area contributed by atoms with Crippen molar-refractivity contribution < 1.29 is 9.59 Å². The first-order chi connectivity index (χ1) is 14.5. The summed E-state index contributed by atoms with van der Waals surface area (Å²) in [6.45, 7) is 0. The lowest BCUT2D eigenvalue weighted by Gasteiger charge is -2.23. The fourth-order valence-electron chi connectivity index (χ4n) is 4.98. The second-order valence-electron chi connectivity index (χ2n) is 8.55. The van der Waals surface area contributed by atoms with Crippen molar-refractivity contribution in [2.24, 2.45) is 5.92 Å². The molecular weight excluding hydrogens is 396 g/mol. The first kappa shape index (κ1) is 19.3. The van der Waals surface area contributed by atoms with Gasteiger partial charge in [-0.1, -0.05) is 12.1 Å². The average molecular weight is 421 g/mol. The molecule has 0 spiro atoms. The number of nitrogens with one attached hydrogen (secondary N) is 2. The number of hydrogen-bond acceptors (Lipinski definition) is 5. The van der Waals surface area contributed by atoms with Gasteiger partial charge >= 0.3 is 0 Å². The van der Waals surface area contributed by atoms with E-state index in [-0.39, 0.29) is 17.9 Å². The molecule has 0 unspecified atom stereocenters. The molecule has 154 valence electrons. The van der Waals surface area contributed by atoms with E-state index in [1.165, 1.54) is 0 Å². The second kappa shape index (κ2) is 7.53. The highest BCUT2D eigenvalue weighted by molar-refractivity contribution is 7.15. The summed E-state index contributed by atoms with van der Waals surface area (Å²) < 4.78 is 0. The van der Waals surface area contributed by atoms with Crippen LogP contribution in [0.3, 0.4) is 0 Å². The van der Waals surface area contributed by atoms with Gasteiger partial charge in [0.25, 0.3) is 0 Å². The molecule has 2 aromatic rings. The maximum absolute atomic E-state index is 12.6. The largest absolute Gasteiger partial charge is 0.339 e. The summed E-state index contributed by atoms with van der Waals surface area (Å²) in [7, 11) is 1.81. The zero-order valence-electron chi connectivity index (χ0n) is 16.9. The van der Waals surface area contributed by atoms with Crippen molar-refractivity contribution in [2.45, 2.75) is 50.2 Å². The van der Waals surface area contributed by atoms with E-state index in [1.54, 1.807) is 16.2 Å². The molecule has 30 heavy (non-hydrogen) atoms. The Hall–Kier alpha value is -2.69. The second-order valence-corrected chi connectivity index (χ2v) is 9.72. The van der Waals surface area contributed by atoms with Crippen molar-refractivity contribution in [1.29, 1.82) is 5.26 Å². The lowest BCUT2D eigenvalue weighted by atomic mass is 9.99. The Kier molecular flexibility index (Phi) is 4.84. The molecule has 3 aliphatic rings. The van der Waals surface area contributed by atoms with Gasteiger partial charge in [0.05, 0.1) is 18.5 Å². The van der Waals surface area contributed by atoms with Crippen LogP contribution < -0.4 is 15.5 Å². The number of nitriles is 1. The monoisotopic (exact) mass is 420 g/mol. The molecule has 1 saturated carbocycles. The van der Waals surface area contributed by atoms with E-state index in [4.69, 9.17) is 0 Å². The van der Waals surface area contributed by atoms with Crippen LogP contribution in [0.5, 0.6) is 0 Å². The lowest BCUT2D eigenvalue weighted by Crippen LogP contribution is -2.50. The molecule has 4 atom stereocenters. The zero-order chi connectivity index (χ0) is 20.8. The molecule has 7 heteroatoms. The SMILES string of the molecule is CN1C(=O)Cc2ccc(-c3ccc(C[C@@H](C#N)NC(=O)[C@H]4N[C@@H]5CC[C@H]4C5)s3)cc21. The van der Waals surface area contributed by atoms with Gasteiger partial charge in [0, 0.05) is 35.0 Å². The van der Waals surface area contributed by atoms with E-state index in [9.17, 15) is 14.9 Å². The van der Waals surface area contributed by atoms with Crippen molar-refractivity contribution in [3.63, 3.8) is 0 Å². The van der Waals surface area contributed by atoms with E-state index in [0.717, 1.165) is 45.8 Å². The Bertz CT molecular complexity index is 1060. The number of fused-ring (bicyclic) bond motifs is 3. The normalized spacial score (nSPS) is 25.3. The molecule has 2 amide bonds. The molecule has 1 saturated heterocycles. The predicted octanol–water partition coefficient (Wildman–Crippen LogP) is 2.63. The highest BCUT2D eigenvalue weighted by Crippen LogP contribution is 2.36. The summed E-state index contributed by atoms with van der Waals surface area (Å²) in [5.41, 5.74) is 3.09. The van der Waals surface area contributed by atoms with Crippen molar-refractivity contribution in [2.75, 3.05) is 11.9 Å². The van der Waals surface area contributed by atoms with Gasteiger partial charge in [0.1, 0.15) is 6.04 Å². The topological polar surface area (TPSA) is 85.2 Å². The van der Waals surface area contributed by atoms with Crippen LogP contribution in [-0.2, 0) is 22.4 Å². The van der Waals surface area contributed by atoms with Crippen LogP contribution in [0.15, 0.2) is 30.3 Å². The summed E-state index contributed by atoms with van der Waals surface area (Å²) in [4.78, 5) is 28.4. The maximum atomic E-state index is 12.6. The first-order valence-corrected chi connectivity index (χ1v) is 11.3. The third-order valence-electron chi connectivity index (χ3n) is 6.63. The van der Waals surface area contributed by atoms with Crippen LogP contribution in [0, 0.1) is 17.2 Å². The Morgan fingerprint density at radius 1 is 1.37 bits per heavy atom. The minimum absolute atomic E-state index is 0.0446. The summed E-state index contributed by atoms with van der Waals surface area (Å²) >= 11 is 1.63. The number of likely N-dealkylation sites (N-methyl/N-ethyl adjacent to an activating group) is 1. The molecule has 2 bridgehead atoms. The number of rotatable bonds is 5. The van der Waals surface area contributed by atoms with Crippen LogP contribution in [0.2, 0.25) is 0 Å². The number of thiophene rings is 1. The summed E-state index contributed by atoms with van der Waals surface area (Å²) in [5, 5.41) is 15.9. The Labute approximate surface area is 179 Å². The molecule has 1 aromatic heterocycles. The average Bonchev–Trinajstić information content (AvgIpc) is 3.53. The molecule has 3 heterocycles. The van der Waals surface area contributed by atoms with Gasteiger partial charge in [-0.2, -0.15) is 5.26 Å². The molecule has 2 aliphatic heterocycles. The number of nitrogens with zero attached hydrogens (tertiary/aromatic N) is 2. The van der Waals surface area contributed by atoms with E-state index in [1.807, 2.05) is 31.3 Å². The summed E-state index contributed by atoms with van der Waals surface area (Å²) in [5.74, 6) is 0.482. The molecule has 2 fully saturated rings. The van der Waals surface area contributed by atoms with E-state index >= 15 is 0 Å². The quantitative estimate of drug-likeness (QED) is 0.779.